The lowest BCUT2D eigenvalue weighted by atomic mass is 10.1. The van der Waals surface area contributed by atoms with Crippen LogP contribution in [0, 0.1) is 0 Å². The molecule has 32 heavy (non-hydrogen) atoms. The van der Waals surface area contributed by atoms with E-state index < -0.39 is 10.0 Å². The fourth-order valence-electron chi connectivity index (χ4n) is 3.06. The Morgan fingerprint density at radius 1 is 1.00 bits per heavy atom. The minimum atomic E-state index is -3.68. The van der Waals surface area contributed by atoms with Crippen LogP contribution in [0.15, 0.2) is 77.8 Å². The van der Waals surface area contributed by atoms with Crippen molar-refractivity contribution in [2.45, 2.75) is 44.4 Å². The summed E-state index contributed by atoms with van der Waals surface area (Å²) in [6.07, 6.45) is 1.71. The van der Waals surface area contributed by atoms with Crippen molar-refractivity contribution >= 4 is 15.9 Å². The first-order valence-corrected chi connectivity index (χ1v) is 11.8. The smallest absolute Gasteiger partial charge is 0.251 e. The molecule has 1 atom stereocenters. The molecule has 2 N–H and O–H groups in total. The van der Waals surface area contributed by atoms with Gasteiger partial charge in [0.15, 0.2) is 0 Å². The molecule has 2 aromatic carbocycles. The van der Waals surface area contributed by atoms with Gasteiger partial charge in [-0.05, 0) is 68.8 Å². The SMILES string of the molecule is CC(C)NS(=O)(=O)c1cccc(C(=O)NC(C)c2cccc(OCc3ccccn3)c2)c1. The second-order valence-electron chi connectivity index (χ2n) is 7.68. The van der Waals surface area contributed by atoms with Gasteiger partial charge in [-0.25, -0.2) is 13.1 Å². The lowest BCUT2D eigenvalue weighted by Gasteiger charge is -2.16. The minimum absolute atomic E-state index is 0.0522. The Morgan fingerprint density at radius 3 is 2.50 bits per heavy atom. The van der Waals surface area contributed by atoms with E-state index in [-0.39, 0.29) is 28.4 Å². The van der Waals surface area contributed by atoms with Crippen LogP contribution in [-0.2, 0) is 16.6 Å². The first-order valence-electron chi connectivity index (χ1n) is 10.3. The third-order valence-electron chi connectivity index (χ3n) is 4.62. The Bertz CT molecular complexity index is 1160. The minimum Gasteiger partial charge on any atom is -0.487 e. The standard InChI is InChI=1S/C24H27N3O4S/c1-17(2)27-32(29,30)23-12-7-9-20(15-23)24(28)26-18(3)19-8-6-11-22(14-19)31-16-21-10-4-5-13-25-21/h4-15,17-18,27H,16H2,1-3H3,(H,26,28). The molecule has 0 bridgehead atoms. The van der Waals surface area contributed by atoms with Crippen LogP contribution in [0.25, 0.3) is 0 Å². The van der Waals surface area contributed by atoms with E-state index in [0.717, 1.165) is 11.3 Å². The number of ether oxygens (including phenoxy) is 1. The Balaban J connectivity index is 1.67. The van der Waals surface area contributed by atoms with Gasteiger partial charge in [0, 0.05) is 17.8 Å². The van der Waals surface area contributed by atoms with E-state index in [0.29, 0.717) is 12.4 Å². The average molecular weight is 454 g/mol. The van der Waals surface area contributed by atoms with Crippen molar-refractivity contribution in [1.29, 1.82) is 0 Å². The van der Waals surface area contributed by atoms with Crippen molar-refractivity contribution in [3.63, 3.8) is 0 Å². The summed E-state index contributed by atoms with van der Waals surface area (Å²) in [5.74, 6) is 0.306. The number of amides is 1. The zero-order valence-corrected chi connectivity index (χ0v) is 19.1. The van der Waals surface area contributed by atoms with Gasteiger partial charge in [0.1, 0.15) is 12.4 Å². The number of nitrogens with zero attached hydrogens (tertiary/aromatic N) is 1. The summed E-state index contributed by atoms with van der Waals surface area (Å²) >= 11 is 0. The summed E-state index contributed by atoms with van der Waals surface area (Å²) in [6.45, 7) is 5.68. The molecule has 1 heterocycles. The number of nitrogens with one attached hydrogen (secondary N) is 2. The maximum Gasteiger partial charge on any atom is 0.251 e. The molecule has 168 valence electrons. The molecule has 0 fully saturated rings. The highest BCUT2D eigenvalue weighted by Crippen LogP contribution is 2.21. The maximum atomic E-state index is 12.8. The van der Waals surface area contributed by atoms with E-state index in [9.17, 15) is 13.2 Å². The van der Waals surface area contributed by atoms with Gasteiger partial charge in [-0.1, -0.05) is 24.3 Å². The first-order chi connectivity index (χ1) is 15.2. The van der Waals surface area contributed by atoms with Crippen LogP contribution >= 0.6 is 0 Å². The van der Waals surface area contributed by atoms with Crippen molar-refractivity contribution in [3.8, 4) is 5.75 Å². The Labute approximate surface area is 188 Å². The summed E-state index contributed by atoms with van der Waals surface area (Å²) in [5.41, 5.74) is 1.95. The fourth-order valence-corrected chi connectivity index (χ4v) is 4.36. The van der Waals surface area contributed by atoms with Crippen LogP contribution in [-0.4, -0.2) is 25.4 Å². The van der Waals surface area contributed by atoms with E-state index in [1.807, 2.05) is 49.4 Å². The van der Waals surface area contributed by atoms with Gasteiger partial charge in [-0.2, -0.15) is 0 Å². The van der Waals surface area contributed by atoms with Crippen LogP contribution in [0.3, 0.4) is 0 Å². The lowest BCUT2D eigenvalue weighted by Crippen LogP contribution is -2.31. The van der Waals surface area contributed by atoms with Gasteiger partial charge in [-0.15, -0.1) is 0 Å². The number of sulfonamides is 1. The summed E-state index contributed by atoms with van der Waals surface area (Å²) in [6, 6.07) is 18.5. The van der Waals surface area contributed by atoms with E-state index in [4.69, 9.17) is 4.74 Å². The number of benzene rings is 2. The molecule has 1 amide bonds. The highest BCUT2D eigenvalue weighted by molar-refractivity contribution is 7.89. The number of hydrogen-bond donors (Lipinski definition) is 2. The van der Waals surface area contributed by atoms with Gasteiger partial charge in [0.05, 0.1) is 16.6 Å². The summed E-state index contributed by atoms with van der Waals surface area (Å²) in [4.78, 5) is 17.0. The molecular weight excluding hydrogens is 426 g/mol. The van der Waals surface area contributed by atoms with Crippen LogP contribution in [0.5, 0.6) is 5.75 Å². The van der Waals surface area contributed by atoms with E-state index in [1.54, 1.807) is 32.2 Å². The van der Waals surface area contributed by atoms with Crippen molar-refractivity contribution in [1.82, 2.24) is 15.0 Å². The summed E-state index contributed by atoms with van der Waals surface area (Å²) in [7, 11) is -3.68. The third kappa shape index (κ3) is 6.38. The summed E-state index contributed by atoms with van der Waals surface area (Å²) < 4.78 is 33.1. The first kappa shape index (κ1) is 23.4. The van der Waals surface area contributed by atoms with Crippen molar-refractivity contribution in [3.05, 3.63) is 89.7 Å². The predicted molar refractivity (Wildman–Crippen MR) is 123 cm³/mol. The second kappa shape index (κ2) is 10.4. The number of pyridine rings is 1. The molecule has 0 saturated carbocycles. The Kier molecular flexibility index (Phi) is 7.61. The van der Waals surface area contributed by atoms with Crippen molar-refractivity contribution < 1.29 is 17.9 Å². The normalized spacial score (nSPS) is 12.4. The molecule has 1 unspecified atom stereocenters. The molecule has 0 spiro atoms. The van der Waals surface area contributed by atoms with Gasteiger partial charge >= 0.3 is 0 Å². The van der Waals surface area contributed by atoms with Gasteiger partial charge in [0.2, 0.25) is 10.0 Å². The molecule has 3 rings (SSSR count). The molecule has 1 aromatic heterocycles. The van der Waals surface area contributed by atoms with Crippen LogP contribution < -0.4 is 14.8 Å². The second-order valence-corrected chi connectivity index (χ2v) is 9.40. The van der Waals surface area contributed by atoms with E-state index in [1.165, 1.54) is 12.1 Å². The highest BCUT2D eigenvalue weighted by atomic mass is 32.2. The largest absolute Gasteiger partial charge is 0.487 e. The number of hydrogen-bond acceptors (Lipinski definition) is 5. The number of carbonyl (C=O) groups excluding carboxylic acids is 1. The zero-order valence-electron chi connectivity index (χ0n) is 18.3. The van der Waals surface area contributed by atoms with Gasteiger partial charge in [-0.3, -0.25) is 9.78 Å². The number of rotatable bonds is 9. The molecule has 0 radical (unpaired) electrons. The average Bonchev–Trinajstić information content (AvgIpc) is 2.78. The van der Waals surface area contributed by atoms with Crippen LogP contribution in [0.1, 0.15) is 48.4 Å². The maximum absolute atomic E-state index is 12.8. The van der Waals surface area contributed by atoms with Gasteiger partial charge < -0.3 is 10.1 Å². The summed E-state index contributed by atoms with van der Waals surface area (Å²) in [5, 5.41) is 2.91. The van der Waals surface area contributed by atoms with Crippen molar-refractivity contribution in [2.75, 3.05) is 0 Å². The monoisotopic (exact) mass is 453 g/mol. The fraction of sp³-hybridized carbons (Fsp3) is 0.250. The molecule has 0 aliphatic heterocycles. The molecular formula is C24H27N3O4S. The molecule has 0 aliphatic carbocycles. The Morgan fingerprint density at radius 2 is 1.78 bits per heavy atom. The third-order valence-corrected chi connectivity index (χ3v) is 6.27. The lowest BCUT2D eigenvalue weighted by molar-refractivity contribution is 0.0939. The van der Waals surface area contributed by atoms with Crippen LogP contribution in [0.4, 0.5) is 0 Å². The number of carbonyl (C=O) groups is 1. The topological polar surface area (TPSA) is 97.4 Å². The van der Waals surface area contributed by atoms with Gasteiger partial charge in [0.25, 0.3) is 5.91 Å². The molecule has 8 heteroatoms. The highest BCUT2D eigenvalue weighted by Gasteiger charge is 2.18. The van der Waals surface area contributed by atoms with Crippen LogP contribution in [0.2, 0.25) is 0 Å². The molecule has 0 aliphatic rings. The zero-order chi connectivity index (χ0) is 23.1. The molecule has 7 nitrogen and oxygen atoms in total. The molecule has 0 saturated heterocycles. The van der Waals surface area contributed by atoms with E-state index in [2.05, 4.69) is 15.0 Å². The Hall–Kier alpha value is -3.23. The predicted octanol–water partition coefficient (Wildman–Crippen LogP) is 3.84. The number of aromatic nitrogens is 1. The molecule has 3 aromatic rings. The van der Waals surface area contributed by atoms with E-state index >= 15 is 0 Å². The quantitative estimate of drug-likeness (QED) is 0.513. The van der Waals surface area contributed by atoms with Crippen molar-refractivity contribution in [2.24, 2.45) is 0 Å².